The molecule has 4 heterocycles. The van der Waals surface area contributed by atoms with Crippen LogP contribution >= 0.6 is 11.3 Å². The maximum Gasteiger partial charge on any atom is 0.263 e. The van der Waals surface area contributed by atoms with E-state index in [0.717, 1.165) is 61.7 Å². The van der Waals surface area contributed by atoms with E-state index in [-0.39, 0.29) is 5.56 Å². The number of thiophene rings is 1. The van der Waals surface area contributed by atoms with Gasteiger partial charge in [0.2, 0.25) is 0 Å². The molecule has 0 amide bonds. The molecule has 59 heavy (non-hydrogen) atoms. The zero-order chi connectivity index (χ0) is 38.8. The highest BCUT2D eigenvalue weighted by atomic mass is 32.1. The third kappa shape index (κ3) is 4.72. The van der Waals surface area contributed by atoms with Crippen LogP contribution in [-0.2, 0) is 0 Å². The summed E-state index contributed by atoms with van der Waals surface area (Å²) in [4.78, 5) is 14.3. The Bertz CT molecular complexity index is 3920. The lowest BCUT2D eigenvalue weighted by molar-refractivity contribution is 1.08. The lowest BCUT2D eigenvalue weighted by Gasteiger charge is -2.10. The molecule has 1 aliphatic rings. The summed E-state index contributed by atoms with van der Waals surface area (Å²) >= 11 is 1.84. The van der Waals surface area contributed by atoms with Crippen LogP contribution in [0.15, 0.2) is 175 Å². The zero-order valence-corrected chi connectivity index (χ0v) is 32.8. The number of pyridine rings is 1. The molecule has 0 radical (unpaired) electrons. The van der Waals surface area contributed by atoms with Crippen molar-refractivity contribution in [2.45, 2.75) is 12.8 Å². The molecule has 0 atom stereocenters. The zero-order valence-electron chi connectivity index (χ0n) is 31.9. The van der Waals surface area contributed by atoms with Crippen molar-refractivity contribution in [2.24, 2.45) is 0 Å². The van der Waals surface area contributed by atoms with Gasteiger partial charge in [-0.15, -0.1) is 11.3 Å². The number of para-hydroxylation sites is 2. The number of rotatable bonds is 4. The van der Waals surface area contributed by atoms with Crippen LogP contribution in [0.25, 0.3) is 120 Å². The highest BCUT2D eigenvalue weighted by Gasteiger charge is 2.20. The molecule has 4 heteroatoms. The molecule has 4 aromatic heterocycles. The van der Waals surface area contributed by atoms with Crippen LogP contribution in [-0.4, -0.2) is 8.97 Å². The second kappa shape index (κ2) is 12.4. The Morgan fingerprint density at radius 2 is 1.12 bits per heavy atom. The summed E-state index contributed by atoms with van der Waals surface area (Å²) in [6.07, 6.45) is 6.24. The molecule has 0 N–H and O–H groups in total. The largest absolute Gasteiger partial charge is 0.309 e. The van der Waals surface area contributed by atoms with Gasteiger partial charge >= 0.3 is 0 Å². The minimum absolute atomic E-state index is 0.0784. The van der Waals surface area contributed by atoms with Gasteiger partial charge in [-0.05, 0) is 106 Å². The second-order valence-electron chi connectivity index (χ2n) is 15.9. The van der Waals surface area contributed by atoms with E-state index >= 15 is 0 Å². The minimum atomic E-state index is 0.0784. The first-order valence-electron chi connectivity index (χ1n) is 20.4. The number of nitrogens with zero attached hydrogens (tertiary/aromatic N) is 2. The van der Waals surface area contributed by atoms with Gasteiger partial charge in [0.15, 0.2) is 0 Å². The molecule has 0 saturated heterocycles. The van der Waals surface area contributed by atoms with Crippen LogP contribution in [0.1, 0.15) is 12.8 Å². The molecule has 0 aliphatic heterocycles. The Morgan fingerprint density at radius 1 is 0.424 bits per heavy atom. The third-order valence-electron chi connectivity index (χ3n) is 12.7. The van der Waals surface area contributed by atoms with Gasteiger partial charge in [0.05, 0.1) is 22.1 Å². The van der Waals surface area contributed by atoms with Gasteiger partial charge < -0.3 is 4.57 Å². The van der Waals surface area contributed by atoms with E-state index in [9.17, 15) is 4.79 Å². The molecule has 13 rings (SSSR count). The van der Waals surface area contributed by atoms with E-state index in [1.807, 2.05) is 15.7 Å². The fourth-order valence-electron chi connectivity index (χ4n) is 10.0. The van der Waals surface area contributed by atoms with E-state index in [2.05, 4.69) is 187 Å². The van der Waals surface area contributed by atoms with E-state index < -0.39 is 0 Å². The average molecular weight is 771 g/mol. The molecule has 12 aromatic rings. The Kier molecular flexibility index (Phi) is 6.87. The molecule has 1 aliphatic carbocycles. The molecule has 0 bridgehead atoms. The molecule has 3 nitrogen and oxygen atoms in total. The van der Waals surface area contributed by atoms with Crippen LogP contribution in [0.4, 0.5) is 0 Å². The van der Waals surface area contributed by atoms with Gasteiger partial charge in [0.1, 0.15) is 0 Å². The van der Waals surface area contributed by atoms with Crippen molar-refractivity contribution in [1.82, 2.24) is 8.97 Å². The van der Waals surface area contributed by atoms with Crippen molar-refractivity contribution in [3.8, 4) is 39.1 Å². The first-order chi connectivity index (χ1) is 29.2. The summed E-state index contributed by atoms with van der Waals surface area (Å²) in [6.45, 7) is 0. The summed E-state index contributed by atoms with van der Waals surface area (Å²) in [5, 5.41) is 10.3. The van der Waals surface area contributed by atoms with E-state index in [0.29, 0.717) is 0 Å². The summed E-state index contributed by atoms with van der Waals surface area (Å²) in [5.41, 5.74) is 12.7. The van der Waals surface area contributed by atoms with Crippen LogP contribution in [0, 0.1) is 0 Å². The van der Waals surface area contributed by atoms with Crippen LogP contribution < -0.4 is 16.0 Å². The van der Waals surface area contributed by atoms with Crippen LogP contribution in [0.2, 0.25) is 0 Å². The quantitative estimate of drug-likeness (QED) is 0.175. The standard InChI is InChI=1S/C55H34N2OS/c58-55-45-17-5-4-15-40(45)43-19-9-20-44-42-26-23-37(31-50(42)57(55)54(43)44)39-18-10-22-52-53(39)47-32-38(25-28-51(47)59-52)56-48-21-7-6-16-41(48)46-30-36(24-27-49(46)56)35-14-8-13-34(29-35)33-11-2-1-3-12-33/h1-3,6-32H,4-5H2. The highest BCUT2D eigenvalue weighted by Crippen LogP contribution is 2.43. The normalized spacial score (nSPS) is 12.9. The molecule has 0 saturated carbocycles. The summed E-state index contributed by atoms with van der Waals surface area (Å²) in [7, 11) is 0. The first-order valence-corrected chi connectivity index (χ1v) is 21.2. The molecule has 276 valence electrons. The molecule has 0 spiro atoms. The van der Waals surface area contributed by atoms with Gasteiger partial charge in [-0.2, -0.15) is 0 Å². The summed E-state index contributed by atoms with van der Waals surface area (Å²) in [6, 6.07) is 61.9. The minimum Gasteiger partial charge on any atom is -0.309 e. The maximum atomic E-state index is 14.3. The lowest BCUT2D eigenvalue weighted by atomic mass is 9.98. The SMILES string of the molecule is O=c1c2c(c3cccc4c5ccc(-c6cccc7sc8ccc(-n9c%10ccccc%10c%10cc(-c%11cccc(-c%12ccccc%12)c%11)ccc%109)cc8c67)cc5n1c34)=CCCC=2. The Balaban J connectivity index is 0.997. The van der Waals surface area contributed by atoms with Crippen molar-refractivity contribution in [2.75, 3.05) is 0 Å². The smallest absolute Gasteiger partial charge is 0.263 e. The highest BCUT2D eigenvalue weighted by molar-refractivity contribution is 7.26. The fraction of sp³-hybridized carbons (Fsp3) is 0.0364. The predicted molar refractivity (Wildman–Crippen MR) is 251 cm³/mol. The number of hydrogen-bond donors (Lipinski definition) is 0. The molecular weight excluding hydrogens is 737 g/mol. The van der Waals surface area contributed by atoms with Gasteiger partial charge in [0.25, 0.3) is 5.56 Å². The number of hydrogen-bond acceptors (Lipinski definition) is 2. The van der Waals surface area contributed by atoms with E-state index in [1.54, 1.807) is 0 Å². The molecule has 0 unspecified atom stereocenters. The first kappa shape index (κ1) is 32.8. The lowest BCUT2D eigenvalue weighted by Crippen LogP contribution is -2.44. The van der Waals surface area contributed by atoms with Gasteiger partial charge in [0, 0.05) is 58.0 Å². The predicted octanol–water partition coefficient (Wildman–Crippen LogP) is 12.9. The van der Waals surface area contributed by atoms with Gasteiger partial charge in [-0.1, -0.05) is 127 Å². The van der Waals surface area contributed by atoms with Crippen LogP contribution in [0.3, 0.4) is 0 Å². The Hall–Kier alpha value is -7.27. The van der Waals surface area contributed by atoms with Gasteiger partial charge in [-0.25, -0.2) is 0 Å². The topological polar surface area (TPSA) is 26.4 Å². The Morgan fingerprint density at radius 3 is 2.03 bits per heavy atom. The molecule has 8 aromatic carbocycles. The molecule has 0 fully saturated rings. The number of aromatic nitrogens is 2. The van der Waals surface area contributed by atoms with Crippen molar-refractivity contribution in [3.63, 3.8) is 0 Å². The summed E-state index contributed by atoms with van der Waals surface area (Å²) in [5.74, 6) is 0. The van der Waals surface area contributed by atoms with Gasteiger partial charge in [-0.3, -0.25) is 9.20 Å². The Labute approximate surface area is 342 Å². The maximum absolute atomic E-state index is 14.3. The summed E-state index contributed by atoms with van der Waals surface area (Å²) < 4.78 is 6.91. The number of fused-ring (bicyclic) bond motifs is 11. The van der Waals surface area contributed by atoms with Crippen molar-refractivity contribution in [3.05, 3.63) is 191 Å². The average Bonchev–Trinajstić information content (AvgIpc) is 3.96. The molecular formula is C55H34N2OS. The fourth-order valence-corrected chi connectivity index (χ4v) is 11.2. The monoisotopic (exact) mass is 770 g/mol. The van der Waals surface area contributed by atoms with E-state index in [1.165, 1.54) is 69.8 Å². The second-order valence-corrected chi connectivity index (χ2v) is 17.0. The van der Waals surface area contributed by atoms with E-state index in [4.69, 9.17) is 0 Å². The van der Waals surface area contributed by atoms with Crippen molar-refractivity contribution >= 4 is 92.7 Å². The number of benzene rings is 8. The third-order valence-corrected chi connectivity index (χ3v) is 13.8. The van der Waals surface area contributed by atoms with Crippen molar-refractivity contribution < 1.29 is 0 Å². The van der Waals surface area contributed by atoms with Crippen LogP contribution in [0.5, 0.6) is 0 Å². The van der Waals surface area contributed by atoms with Crippen molar-refractivity contribution in [1.29, 1.82) is 0 Å².